The summed E-state index contributed by atoms with van der Waals surface area (Å²) in [7, 11) is -2.27. The van der Waals surface area contributed by atoms with E-state index < -0.39 is 10.0 Å². The van der Waals surface area contributed by atoms with Gasteiger partial charge in [0.25, 0.3) is 0 Å². The molecule has 0 unspecified atom stereocenters. The molecule has 0 atom stereocenters. The Labute approximate surface area is 157 Å². The molecule has 2 heterocycles. The fraction of sp³-hybridized carbons (Fsp3) is 0.263. The van der Waals surface area contributed by atoms with Gasteiger partial charge in [-0.05, 0) is 54.6 Å². The molecule has 3 rings (SSSR count). The summed E-state index contributed by atoms with van der Waals surface area (Å²) in [5.74, 6) is 0.358. The molecule has 0 aliphatic rings. The number of hydrogen-bond acceptors (Lipinski definition) is 5. The van der Waals surface area contributed by atoms with Crippen LogP contribution in [0, 0.1) is 13.8 Å². The normalized spacial score (nSPS) is 11.8. The maximum absolute atomic E-state index is 13.4. The summed E-state index contributed by atoms with van der Waals surface area (Å²) in [6.45, 7) is 4.35. The topological polar surface area (TPSA) is 59.8 Å². The molecule has 0 saturated heterocycles. The Morgan fingerprint density at radius 3 is 2.54 bits per heavy atom. The Hall–Kier alpha value is -2.09. The van der Waals surface area contributed by atoms with Crippen LogP contribution in [0.3, 0.4) is 0 Å². The van der Waals surface area contributed by atoms with Crippen LogP contribution in [-0.4, -0.2) is 19.8 Å². The molecule has 0 N–H and O–H groups in total. The molecule has 0 saturated carbocycles. The molecule has 0 aliphatic carbocycles. The first-order valence-corrected chi connectivity index (χ1v) is 10.4. The lowest BCUT2D eigenvalue weighted by Crippen LogP contribution is -2.30. The summed E-state index contributed by atoms with van der Waals surface area (Å²) in [5, 5.41) is 1.94. The molecule has 3 aromatic rings. The van der Waals surface area contributed by atoms with E-state index in [1.165, 1.54) is 22.8 Å². The second kappa shape index (κ2) is 7.65. The van der Waals surface area contributed by atoms with Crippen molar-refractivity contribution >= 4 is 21.4 Å². The average Bonchev–Trinajstić information content (AvgIpc) is 3.30. The number of nitrogens with zero attached hydrogens (tertiary/aromatic N) is 1. The zero-order valence-electron chi connectivity index (χ0n) is 14.9. The Morgan fingerprint density at radius 2 is 1.92 bits per heavy atom. The van der Waals surface area contributed by atoms with Crippen LogP contribution in [0.25, 0.3) is 0 Å². The number of methoxy groups -OCH3 is 1. The predicted molar refractivity (Wildman–Crippen MR) is 102 cm³/mol. The molecule has 0 radical (unpaired) electrons. The largest absolute Gasteiger partial charge is 0.495 e. The Balaban J connectivity index is 2.05. The van der Waals surface area contributed by atoms with Crippen molar-refractivity contribution in [1.82, 2.24) is 4.31 Å². The molecule has 0 spiro atoms. The van der Waals surface area contributed by atoms with Crippen molar-refractivity contribution in [3.8, 4) is 5.75 Å². The quantitative estimate of drug-likeness (QED) is 0.600. The van der Waals surface area contributed by atoms with Gasteiger partial charge in [0.1, 0.15) is 10.6 Å². The van der Waals surface area contributed by atoms with Gasteiger partial charge in [-0.25, -0.2) is 8.42 Å². The zero-order chi connectivity index (χ0) is 18.7. The van der Waals surface area contributed by atoms with E-state index in [2.05, 4.69) is 0 Å². The summed E-state index contributed by atoms with van der Waals surface area (Å²) in [6.07, 6.45) is 3.11. The number of ether oxygens (including phenoxy) is 1. The first-order chi connectivity index (χ1) is 12.4. The molecule has 5 nitrogen and oxygen atoms in total. The molecule has 0 aliphatic heterocycles. The van der Waals surface area contributed by atoms with E-state index in [1.54, 1.807) is 30.7 Å². The van der Waals surface area contributed by atoms with Crippen LogP contribution >= 0.6 is 11.3 Å². The predicted octanol–water partition coefficient (Wildman–Crippen LogP) is 4.36. The number of aryl methyl sites for hydroxylation is 2. The lowest BCUT2D eigenvalue weighted by atomic mass is 10.1. The highest BCUT2D eigenvalue weighted by molar-refractivity contribution is 7.89. The van der Waals surface area contributed by atoms with E-state index in [1.807, 2.05) is 31.4 Å². The number of rotatable bonds is 7. The van der Waals surface area contributed by atoms with E-state index in [0.29, 0.717) is 12.3 Å². The first-order valence-electron chi connectivity index (χ1n) is 8.10. The zero-order valence-corrected chi connectivity index (χ0v) is 16.6. The fourth-order valence-corrected chi connectivity index (χ4v) is 5.08. The summed E-state index contributed by atoms with van der Waals surface area (Å²) < 4.78 is 38.8. The minimum absolute atomic E-state index is 0.183. The maximum Gasteiger partial charge on any atom is 0.247 e. The molecule has 0 amide bonds. The molecule has 26 heavy (non-hydrogen) atoms. The number of hydrogen-bond donors (Lipinski definition) is 0. The van der Waals surface area contributed by atoms with Crippen LogP contribution in [0.5, 0.6) is 5.75 Å². The van der Waals surface area contributed by atoms with Crippen LogP contribution in [-0.2, 0) is 23.1 Å². The Morgan fingerprint density at radius 1 is 1.15 bits per heavy atom. The SMILES string of the molecule is COc1cc(C)c(C)cc1S(=O)(=O)N(Cc1ccoc1)Cc1cccs1. The third-order valence-electron chi connectivity index (χ3n) is 4.25. The minimum Gasteiger partial charge on any atom is -0.495 e. The third-order valence-corrected chi connectivity index (χ3v) is 6.92. The van der Waals surface area contributed by atoms with Crippen molar-refractivity contribution in [3.63, 3.8) is 0 Å². The van der Waals surface area contributed by atoms with E-state index >= 15 is 0 Å². The van der Waals surface area contributed by atoms with Gasteiger partial charge in [0.05, 0.1) is 19.6 Å². The molecule has 138 valence electrons. The summed E-state index contributed by atoms with van der Waals surface area (Å²) in [4.78, 5) is 1.16. The highest BCUT2D eigenvalue weighted by atomic mass is 32.2. The molecule has 0 fully saturated rings. The van der Waals surface area contributed by atoms with Gasteiger partial charge in [-0.3, -0.25) is 0 Å². The van der Waals surface area contributed by atoms with Crippen LogP contribution in [0.4, 0.5) is 0 Å². The monoisotopic (exact) mass is 391 g/mol. The lowest BCUT2D eigenvalue weighted by molar-refractivity contribution is 0.383. The number of sulfonamides is 1. The molecule has 0 bridgehead atoms. The van der Waals surface area contributed by atoms with Crippen LogP contribution in [0.2, 0.25) is 0 Å². The fourth-order valence-electron chi connectivity index (χ4n) is 2.65. The molecular formula is C19H21NO4S2. The van der Waals surface area contributed by atoms with E-state index in [9.17, 15) is 8.42 Å². The Bertz CT molecular complexity index is 925. The van der Waals surface area contributed by atoms with Crippen LogP contribution < -0.4 is 4.74 Å². The second-order valence-electron chi connectivity index (χ2n) is 6.07. The van der Waals surface area contributed by atoms with Gasteiger partial charge >= 0.3 is 0 Å². The smallest absolute Gasteiger partial charge is 0.247 e. The van der Waals surface area contributed by atoms with E-state index in [4.69, 9.17) is 9.15 Å². The lowest BCUT2D eigenvalue weighted by Gasteiger charge is -2.23. The molecule has 1 aromatic carbocycles. The summed E-state index contributed by atoms with van der Waals surface area (Å²) >= 11 is 1.53. The van der Waals surface area contributed by atoms with E-state index in [0.717, 1.165) is 21.6 Å². The van der Waals surface area contributed by atoms with Gasteiger partial charge in [0.2, 0.25) is 10.0 Å². The summed E-state index contributed by atoms with van der Waals surface area (Å²) in [5.41, 5.74) is 2.69. The summed E-state index contributed by atoms with van der Waals surface area (Å²) in [6, 6.07) is 9.07. The Kier molecular flexibility index (Phi) is 5.50. The van der Waals surface area contributed by atoms with Crippen LogP contribution in [0.1, 0.15) is 21.6 Å². The van der Waals surface area contributed by atoms with Crippen molar-refractivity contribution < 1.29 is 17.6 Å². The first kappa shape index (κ1) is 18.7. The highest BCUT2D eigenvalue weighted by Crippen LogP contribution is 2.32. The van der Waals surface area contributed by atoms with Crippen molar-refractivity contribution in [2.24, 2.45) is 0 Å². The van der Waals surface area contributed by atoms with Gasteiger partial charge in [0, 0.05) is 23.5 Å². The minimum atomic E-state index is -3.76. The van der Waals surface area contributed by atoms with Gasteiger partial charge in [-0.1, -0.05) is 6.07 Å². The van der Waals surface area contributed by atoms with Crippen molar-refractivity contribution in [2.45, 2.75) is 31.8 Å². The standard InChI is InChI=1S/C19H21NO4S2/c1-14-9-18(23-3)19(10-15(14)2)26(21,22)20(11-16-6-7-24-13-16)12-17-5-4-8-25-17/h4-10,13H,11-12H2,1-3H3. The van der Waals surface area contributed by atoms with Crippen molar-refractivity contribution in [3.05, 3.63) is 69.8 Å². The average molecular weight is 392 g/mol. The van der Waals surface area contributed by atoms with Gasteiger partial charge in [-0.2, -0.15) is 4.31 Å². The highest BCUT2D eigenvalue weighted by Gasteiger charge is 2.29. The third kappa shape index (κ3) is 3.85. The van der Waals surface area contributed by atoms with Gasteiger partial charge in [-0.15, -0.1) is 11.3 Å². The van der Waals surface area contributed by atoms with Gasteiger partial charge in [0.15, 0.2) is 0 Å². The molecular weight excluding hydrogens is 370 g/mol. The number of furan rings is 1. The molecule has 2 aromatic heterocycles. The van der Waals surface area contributed by atoms with Crippen LogP contribution in [0.15, 0.2) is 57.6 Å². The number of thiophene rings is 1. The van der Waals surface area contributed by atoms with Crippen molar-refractivity contribution in [1.29, 1.82) is 0 Å². The second-order valence-corrected chi connectivity index (χ2v) is 9.01. The molecule has 7 heteroatoms. The van der Waals surface area contributed by atoms with E-state index in [-0.39, 0.29) is 11.4 Å². The van der Waals surface area contributed by atoms with Crippen molar-refractivity contribution in [2.75, 3.05) is 7.11 Å². The maximum atomic E-state index is 13.4. The number of benzene rings is 1. The van der Waals surface area contributed by atoms with Gasteiger partial charge < -0.3 is 9.15 Å².